The Kier molecular flexibility index (Phi) is 4.37. The summed E-state index contributed by atoms with van der Waals surface area (Å²) in [4.78, 5) is 29.0. The molecule has 0 saturated carbocycles. The number of aromatic amines is 1. The number of H-pyrrole nitrogens is 1. The number of aromatic carboxylic acids is 1. The first-order chi connectivity index (χ1) is 10.0. The number of hydrogen-bond acceptors (Lipinski definition) is 4. The van der Waals surface area contributed by atoms with Gasteiger partial charge in [-0.3, -0.25) is 4.79 Å². The molecular weight excluding hydrogens is 272 g/mol. The average molecular weight is 288 g/mol. The molecule has 1 aromatic heterocycles. The van der Waals surface area contributed by atoms with Crippen LogP contribution in [-0.2, 0) is 0 Å². The lowest BCUT2D eigenvalue weighted by Gasteiger charge is -2.15. The van der Waals surface area contributed by atoms with Gasteiger partial charge < -0.3 is 14.8 Å². The lowest BCUT2D eigenvalue weighted by atomic mass is 10.1. The molecule has 6 nitrogen and oxygen atoms in total. The number of nitrogens with one attached hydrogen (secondary N) is 1. The van der Waals surface area contributed by atoms with Crippen LogP contribution in [0, 0.1) is 0 Å². The second kappa shape index (κ2) is 6.21. The van der Waals surface area contributed by atoms with Gasteiger partial charge in [-0.25, -0.2) is 9.78 Å². The zero-order valence-electron chi connectivity index (χ0n) is 11.8. The SMILES string of the molecule is CCC(C)Oc1ccccc1-c1ncc(C(=O)O)c(=O)[nH]1. The molecule has 0 bridgehead atoms. The van der Waals surface area contributed by atoms with E-state index in [1.807, 2.05) is 19.9 Å². The van der Waals surface area contributed by atoms with Crippen molar-refractivity contribution in [3.05, 3.63) is 46.4 Å². The summed E-state index contributed by atoms with van der Waals surface area (Å²) < 4.78 is 5.79. The van der Waals surface area contributed by atoms with Crippen molar-refractivity contribution in [1.82, 2.24) is 9.97 Å². The fraction of sp³-hybridized carbons (Fsp3) is 0.267. The molecule has 21 heavy (non-hydrogen) atoms. The predicted octanol–water partition coefficient (Wildman–Crippen LogP) is 2.31. The molecule has 2 aromatic rings. The van der Waals surface area contributed by atoms with Gasteiger partial charge in [0.1, 0.15) is 17.1 Å². The molecule has 0 aliphatic carbocycles. The number of benzene rings is 1. The molecule has 0 fully saturated rings. The van der Waals surface area contributed by atoms with Crippen LogP contribution in [0.2, 0.25) is 0 Å². The van der Waals surface area contributed by atoms with Crippen molar-refractivity contribution in [3.8, 4) is 17.1 Å². The molecule has 1 atom stereocenters. The van der Waals surface area contributed by atoms with Crippen molar-refractivity contribution in [2.24, 2.45) is 0 Å². The van der Waals surface area contributed by atoms with Crippen LogP contribution in [0.4, 0.5) is 0 Å². The second-order valence-electron chi connectivity index (χ2n) is 4.61. The van der Waals surface area contributed by atoms with Crippen LogP contribution >= 0.6 is 0 Å². The highest BCUT2D eigenvalue weighted by Crippen LogP contribution is 2.27. The minimum atomic E-state index is -1.31. The third-order valence-electron chi connectivity index (χ3n) is 3.07. The van der Waals surface area contributed by atoms with E-state index in [4.69, 9.17) is 9.84 Å². The maximum Gasteiger partial charge on any atom is 0.342 e. The number of ether oxygens (including phenoxy) is 1. The summed E-state index contributed by atoms with van der Waals surface area (Å²) in [6.45, 7) is 3.95. The minimum Gasteiger partial charge on any atom is -0.490 e. The summed E-state index contributed by atoms with van der Waals surface area (Å²) in [6, 6.07) is 7.16. The molecule has 2 N–H and O–H groups in total. The summed E-state index contributed by atoms with van der Waals surface area (Å²) in [5.41, 5.74) is -0.461. The molecule has 1 unspecified atom stereocenters. The van der Waals surface area contributed by atoms with E-state index >= 15 is 0 Å². The number of aromatic nitrogens is 2. The van der Waals surface area contributed by atoms with Crippen molar-refractivity contribution in [2.45, 2.75) is 26.4 Å². The highest BCUT2D eigenvalue weighted by molar-refractivity contribution is 5.86. The molecule has 0 aliphatic rings. The number of carboxylic acid groups (broad SMARTS) is 1. The van der Waals surface area contributed by atoms with Crippen molar-refractivity contribution in [1.29, 1.82) is 0 Å². The van der Waals surface area contributed by atoms with Gasteiger partial charge in [0.05, 0.1) is 11.7 Å². The zero-order valence-corrected chi connectivity index (χ0v) is 11.8. The van der Waals surface area contributed by atoms with Crippen molar-refractivity contribution < 1.29 is 14.6 Å². The quantitative estimate of drug-likeness (QED) is 0.880. The van der Waals surface area contributed by atoms with E-state index in [1.54, 1.807) is 18.2 Å². The van der Waals surface area contributed by atoms with Crippen molar-refractivity contribution >= 4 is 5.97 Å². The topological polar surface area (TPSA) is 92.3 Å². The highest BCUT2D eigenvalue weighted by Gasteiger charge is 2.14. The fourth-order valence-corrected chi connectivity index (χ4v) is 1.75. The average Bonchev–Trinajstić information content (AvgIpc) is 2.47. The van der Waals surface area contributed by atoms with Gasteiger partial charge in [0.2, 0.25) is 0 Å². The summed E-state index contributed by atoms with van der Waals surface area (Å²) in [5.74, 6) is -0.429. The molecular formula is C15H16N2O4. The third kappa shape index (κ3) is 3.28. The Morgan fingerprint density at radius 2 is 2.14 bits per heavy atom. The number of carboxylic acids is 1. The van der Waals surface area contributed by atoms with E-state index in [-0.39, 0.29) is 17.5 Å². The number of hydrogen-bond donors (Lipinski definition) is 2. The van der Waals surface area contributed by atoms with E-state index in [0.717, 1.165) is 12.6 Å². The van der Waals surface area contributed by atoms with Crippen LogP contribution in [0.25, 0.3) is 11.4 Å². The Hall–Kier alpha value is -2.63. The Labute approximate surface area is 121 Å². The minimum absolute atomic E-state index is 0.0242. The monoisotopic (exact) mass is 288 g/mol. The molecule has 0 radical (unpaired) electrons. The van der Waals surface area contributed by atoms with Gasteiger partial charge in [0.25, 0.3) is 5.56 Å². The summed E-state index contributed by atoms with van der Waals surface area (Å²) in [6.07, 6.45) is 1.92. The van der Waals surface area contributed by atoms with Crippen LogP contribution in [-0.4, -0.2) is 27.1 Å². The summed E-state index contributed by atoms with van der Waals surface area (Å²) >= 11 is 0. The Morgan fingerprint density at radius 3 is 2.76 bits per heavy atom. The third-order valence-corrected chi connectivity index (χ3v) is 3.07. The number of para-hydroxylation sites is 1. The van der Waals surface area contributed by atoms with Crippen molar-refractivity contribution in [2.75, 3.05) is 0 Å². The normalized spacial score (nSPS) is 11.9. The molecule has 0 spiro atoms. The zero-order chi connectivity index (χ0) is 15.4. The standard InChI is InChI=1S/C15H16N2O4/c1-3-9(2)21-12-7-5-4-6-10(12)13-16-8-11(15(19)20)14(18)17-13/h4-9H,3H2,1-2H3,(H,19,20)(H,16,17,18). The maximum atomic E-state index is 11.7. The molecule has 1 aromatic carbocycles. The predicted molar refractivity (Wildman–Crippen MR) is 77.6 cm³/mol. The van der Waals surface area contributed by atoms with Gasteiger partial charge in [-0.15, -0.1) is 0 Å². The van der Waals surface area contributed by atoms with E-state index in [0.29, 0.717) is 11.3 Å². The first-order valence-corrected chi connectivity index (χ1v) is 6.61. The van der Waals surface area contributed by atoms with Crippen LogP contribution in [0.3, 0.4) is 0 Å². The Bertz CT molecular complexity index is 709. The smallest absolute Gasteiger partial charge is 0.342 e. The van der Waals surface area contributed by atoms with Gasteiger partial charge in [-0.2, -0.15) is 0 Å². The van der Waals surface area contributed by atoms with Gasteiger partial charge in [0.15, 0.2) is 0 Å². The molecule has 0 saturated heterocycles. The van der Waals surface area contributed by atoms with Crippen molar-refractivity contribution in [3.63, 3.8) is 0 Å². The van der Waals surface area contributed by atoms with Crippen LogP contribution in [0.1, 0.15) is 30.6 Å². The molecule has 110 valence electrons. The van der Waals surface area contributed by atoms with Crippen LogP contribution in [0.15, 0.2) is 35.3 Å². The van der Waals surface area contributed by atoms with Gasteiger partial charge >= 0.3 is 5.97 Å². The van der Waals surface area contributed by atoms with Crippen LogP contribution < -0.4 is 10.3 Å². The van der Waals surface area contributed by atoms with Gasteiger partial charge in [-0.05, 0) is 25.5 Å². The molecule has 6 heteroatoms. The molecule has 0 amide bonds. The van der Waals surface area contributed by atoms with Gasteiger partial charge in [-0.1, -0.05) is 19.1 Å². The summed E-state index contributed by atoms with van der Waals surface area (Å²) in [7, 11) is 0. The van der Waals surface area contributed by atoms with E-state index < -0.39 is 11.5 Å². The number of rotatable bonds is 5. The Balaban J connectivity index is 2.45. The summed E-state index contributed by atoms with van der Waals surface area (Å²) in [5, 5.41) is 8.85. The number of nitrogens with zero attached hydrogens (tertiary/aromatic N) is 1. The maximum absolute atomic E-state index is 11.7. The largest absolute Gasteiger partial charge is 0.490 e. The highest BCUT2D eigenvalue weighted by atomic mass is 16.5. The second-order valence-corrected chi connectivity index (χ2v) is 4.61. The molecule has 1 heterocycles. The first kappa shape index (κ1) is 14.8. The first-order valence-electron chi connectivity index (χ1n) is 6.61. The fourth-order valence-electron chi connectivity index (χ4n) is 1.75. The lowest BCUT2D eigenvalue weighted by molar-refractivity contribution is 0.0694. The van der Waals surface area contributed by atoms with Crippen LogP contribution in [0.5, 0.6) is 5.75 Å². The van der Waals surface area contributed by atoms with E-state index in [9.17, 15) is 9.59 Å². The van der Waals surface area contributed by atoms with Gasteiger partial charge in [0, 0.05) is 6.20 Å². The van der Waals surface area contributed by atoms with E-state index in [1.165, 1.54) is 0 Å². The molecule has 2 rings (SSSR count). The Morgan fingerprint density at radius 1 is 1.43 bits per heavy atom. The van der Waals surface area contributed by atoms with E-state index in [2.05, 4.69) is 9.97 Å². The lowest BCUT2D eigenvalue weighted by Crippen LogP contribution is -2.19. The number of carbonyl (C=O) groups is 1. The molecule has 0 aliphatic heterocycles.